The number of ketones is 1. The lowest BCUT2D eigenvalue weighted by atomic mass is 10.1. The van der Waals surface area contributed by atoms with Gasteiger partial charge in [-0.05, 0) is 11.6 Å². The van der Waals surface area contributed by atoms with Crippen LogP contribution in [-0.2, 0) is 6.42 Å². The van der Waals surface area contributed by atoms with Gasteiger partial charge in [0.05, 0.1) is 25.0 Å². The van der Waals surface area contributed by atoms with E-state index in [9.17, 15) is 9.18 Å². The zero-order valence-corrected chi connectivity index (χ0v) is 9.83. The summed E-state index contributed by atoms with van der Waals surface area (Å²) in [6.45, 7) is 0. The Morgan fingerprint density at radius 2 is 2.35 bits per heavy atom. The topological polar surface area (TPSA) is 52.1 Å². The van der Waals surface area contributed by atoms with Crippen molar-refractivity contribution >= 4 is 17.5 Å². The van der Waals surface area contributed by atoms with E-state index in [-0.39, 0.29) is 23.6 Å². The van der Waals surface area contributed by atoms with E-state index < -0.39 is 5.82 Å². The van der Waals surface area contributed by atoms with E-state index in [1.807, 2.05) is 0 Å². The molecule has 0 aliphatic rings. The van der Waals surface area contributed by atoms with Gasteiger partial charge in [-0.2, -0.15) is 8.75 Å². The zero-order chi connectivity index (χ0) is 12.3. The Hall–Kier alpha value is -1.82. The quantitative estimate of drug-likeness (QED) is 0.782. The maximum Gasteiger partial charge on any atom is 0.188 e. The molecule has 0 unspecified atom stereocenters. The molecule has 88 valence electrons. The number of methoxy groups -OCH3 is 1. The number of nitrogens with zero attached hydrogens (tertiary/aromatic N) is 2. The minimum Gasteiger partial charge on any atom is -0.494 e. The average molecular weight is 252 g/mol. The molecule has 0 spiro atoms. The minimum atomic E-state index is -0.508. The first-order valence-corrected chi connectivity index (χ1v) is 5.57. The molecular formula is C11H9FN2O2S. The van der Waals surface area contributed by atoms with E-state index in [1.54, 1.807) is 12.1 Å². The van der Waals surface area contributed by atoms with Crippen LogP contribution in [-0.4, -0.2) is 21.6 Å². The van der Waals surface area contributed by atoms with Crippen molar-refractivity contribution in [1.82, 2.24) is 8.75 Å². The van der Waals surface area contributed by atoms with Crippen molar-refractivity contribution in [3.8, 4) is 5.75 Å². The van der Waals surface area contributed by atoms with Gasteiger partial charge in [0.2, 0.25) is 0 Å². The van der Waals surface area contributed by atoms with Gasteiger partial charge >= 0.3 is 0 Å². The lowest BCUT2D eigenvalue weighted by molar-refractivity contribution is 0.0988. The first kappa shape index (κ1) is 11.7. The predicted molar refractivity (Wildman–Crippen MR) is 60.9 cm³/mol. The summed E-state index contributed by atoms with van der Waals surface area (Å²) in [6.07, 6.45) is 1.33. The van der Waals surface area contributed by atoms with Crippen LogP contribution in [0.5, 0.6) is 5.75 Å². The molecule has 0 N–H and O–H groups in total. The Morgan fingerprint density at radius 1 is 1.53 bits per heavy atom. The lowest BCUT2D eigenvalue weighted by Crippen LogP contribution is -2.06. The van der Waals surface area contributed by atoms with Crippen molar-refractivity contribution in [1.29, 1.82) is 0 Å². The fourth-order valence-electron chi connectivity index (χ4n) is 1.40. The van der Waals surface area contributed by atoms with Crippen LogP contribution in [0.1, 0.15) is 16.1 Å². The molecule has 4 nitrogen and oxygen atoms in total. The predicted octanol–water partition coefficient (Wildman–Crippen LogP) is 2.11. The van der Waals surface area contributed by atoms with Gasteiger partial charge in [-0.1, -0.05) is 12.1 Å². The molecule has 2 rings (SSSR count). The minimum absolute atomic E-state index is 0.0472. The number of ether oxygens (including phenoxy) is 1. The van der Waals surface area contributed by atoms with Crippen molar-refractivity contribution in [3.63, 3.8) is 0 Å². The second kappa shape index (κ2) is 5.01. The smallest absolute Gasteiger partial charge is 0.188 e. The van der Waals surface area contributed by atoms with Crippen LogP contribution >= 0.6 is 11.7 Å². The summed E-state index contributed by atoms with van der Waals surface area (Å²) >= 11 is 0.951. The number of carbonyl (C=O) groups excluding carboxylic acids is 1. The molecule has 0 saturated heterocycles. The molecule has 0 fully saturated rings. The van der Waals surface area contributed by atoms with Gasteiger partial charge in [-0.3, -0.25) is 4.79 Å². The maximum atomic E-state index is 13.8. The molecule has 0 aliphatic carbocycles. The van der Waals surface area contributed by atoms with E-state index in [0.29, 0.717) is 5.56 Å². The van der Waals surface area contributed by atoms with Crippen LogP contribution in [0.25, 0.3) is 0 Å². The third kappa shape index (κ3) is 2.47. The lowest BCUT2D eigenvalue weighted by Gasteiger charge is -2.05. The monoisotopic (exact) mass is 252 g/mol. The fraction of sp³-hybridized carbons (Fsp3) is 0.182. The highest BCUT2D eigenvalue weighted by atomic mass is 32.1. The van der Waals surface area contributed by atoms with Crippen LogP contribution in [0, 0.1) is 5.82 Å². The summed E-state index contributed by atoms with van der Waals surface area (Å²) in [6, 6.07) is 4.70. The fourth-order valence-corrected chi connectivity index (χ4v) is 1.83. The first-order chi connectivity index (χ1) is 8.22. The molecule has 0 amide bonds. The summed E-state index contributed by atoms with van der Waals surface area (Å²) < 4.78 is 26.2. The van der Waals surface area contributed by atoms with Crippen LogP contribution in [0.4, 0.5) is 4.39 Å². The highest BCUT2D eigenvalue weighted by Gasteiger charge is 2.15. The van der Waals surface area contributed by atoms with Gasteiger partial charge in [-0.25, -0.2) is 4.39 Å². The van der Waals surface area contributed by atoms with Gasteiger partial charge < -0.3 is 4.74 Å². The van der Waals surface area contributed by atoms with E-state index in [0.717, 1.165) is 11.7 Å². The molecule has 0 aliphatic heterocycles. The second-order valence-electron chi connectivity index (χ2n) is 3.33. The van der Waals surface area contributed by atoms with Crippen molar-refractivity contribution < 1.29 is 13.9 Å². The third-order valence-corrected chi connectivity index (χ3v) is 2.74. The number of benzene rings is 1. The number of hydrogen-bond acceptors (Lipinski definition) is 5. The van der Waals surface area contributed by atoms with E-state index >= 15 is 0 Å². The summed E-state index contributed by atoms with van der Waals surface area (Å²) in [5, 5.41) is 0. The molecule has 0 atom stereocenters. The highest BCUT2D eigenvalue weighted by molar-refractivity contribution is 6.99. The van der Waals surface area contributed by atoms with E-state index in [4.69, 9.17) is 4.74 Å². The third-order valence-electron chi connectivity index (χ3n) is 2.26. The molecule has 1 aromatic heterocycles. The molecule has 1 aromatic carbocycles. The number of carbonyl (C=O) groups is 1. The van der Waals surface area contributed by atoms with Crippen molar-refractivity contribution in [2.45, 2.75) is 6.42 Å². The number of hydrogen-bond donors (Lipinski definition) is 0. The van der Waals surface area contributed by atoms with Gasteiger partial charge in [0.25, 0.3) is 0 Å². The average Bonchev–Trinajstić information content (AvgIpc) is 2.85. The van der Waals surface area contributed by atoms with Gasteiger partial charge in [0.1, 0.15) is 5.69 Å². The maximum absolute atomic E-state index is 13.8. The zero-order valence-electron chi connectivity index (χ0n) is 9.01. The molecular weight excluding hydrogens is 243 g/mol. The Labute approximate surface area is 101 Å². The van der Waals surface area contributed by atoms with E-state index in [2.05, 4.69) is 8.75 Å². The molecule has 0 saturated carbocycles. The SMILES string of the molecule is COc1cccc(CC(=O)c2cnsn2)c1F. The van der Waals surface area contributed by atoms with Crippen molar-refractivity contribution in [2.75, 3.05) is 7.11 Å². The first-order valence-electron chi connectivity index (χ1n) is 4.84. The molecule has 0 bridgehead atoms. The van der Waals surface area contributed by atoms with Gasteiger partial charge in [-0.15, -0.1) is 0 Å². The number of rotatable bonds is 4. The Kier molecular flexibility index (Phi) is 3.43. The largest absolute Gasteiger partial charge is 0.494 e. The van der Waals surface area contributed by atoms with E-state index in [1.165, 1.54) is 19.4 Å². The Bertz CT molecular complexity index is 528. The molecule has 2 aromatic rings. The number of halogens is 1. The highest BCUT2D eigenvalue weighted by Crippen LogP contribution is 2.21. The number of Topliss-reactive ketones (excluding diaryl/α,β-unsaturated/α-hetero) is 1. The summed E-state index contributed by atoms with van der Waals surface area (Å²) in [4.78, 5) is 11.7. The van der Waals surface area contributed by atoms with Gasteiger partial charge in [0, 0.05) is 6.42 Å². The molecule has 17 heavy (non-hydrogen) atoms. The molecule has 6 heteroatoms. The van der Waals surface area contributed by atoms with Gasteiger partial charge in [0.15, 0.2) is 17.3 Å². The summed E-state index contributed by atoms with van der Waals surface area (Å²) in [5.41, 5.74) is 0.555. The summed E-state index contributed by atoms with van der Waals surface area (Å²) in [5.74, 6) is -0.635. The Morgan fingerprint density at radius 3 is 3.00 bits per heavy atom. The van der Waals surface area contributed by atoms with Crippen LogP contribution in [0.2, 0.25) is 0 Å². The normalized spacial score (nSPS) is 10.2. The number of aromatic nitrogens is 2. The van der Waals surface area contributed by atoms with Crippen LogP contribution in [0.3, 0.4) is 0 Å². The second-order valence-corrected chi connectivity index (χ2v) is 3.88. The van der Waals surface area contributed by atoms with Crippen LogP contribution in [0.15, 0.2) is 24.4 Å². The Balaban J connectivity index is 2.22. The summed E-state index contributed by atoms with van der Waals surface area (Å²) in [7, 11) is 1.38. The van der Waals surface area contributed by atoms with Crippen LogP contribution < -0.4 is 4.74 Å². The van der Waals surface area contributed by atoms with Crippen molar-refractivity contribution in [3.05, 3.63) is 41.5 Å². The molecule has 1 heterocycles. The molecule has 0 radical (unpaired) electrons. The van der Waals surface area contributed by atoms with Crippen molar-refractivity contribution in [2.24, 2.45) is 0 Å². The standard InChI is InChI=1S/C11H9FN2O2S/c1-16-10-4-2-3-7(11(10)12)5-9(15)8-6-13-17-14-8/h2-4,6H,5H2,1H3.